The fraction of sp³-hybridized carbons (Fsp3) is 0.231. The van der Waals surface area contributed by atoms with Crippen LogP contribution in [0.1, 0.15) is 23.5 Å². The lowest BCUT2D eigenvalue weighted by atomic mass is 10.2. The Balaban J connectivity index is 2.11. The van der Waals surface area contributed by atoms with E-state index in [0.29, 0.717) is 11.6 Å². The third kappa shape index (κ3) is 3.88. The van der Waals surface area contributed by atoms with Crippen molar-refractivity contribution < 1.29 is 8.78 Å². The van der Waals surface area contributed by atoms with E-state index in [9.17, 15) is 8.78 Å². The second kappa shape index (κ2) is 6.82. The van der Waals surface area contributed by atoms with Crippen LogP contribution in [0.15, 0.2) is 41.4 Å². The summed E-state index contributed by atoms with van der Waals surface area (Å²) in [7, 11) is 0. The number of hydrogen-bond donors (Lipinski definition) is 0. The molecule has 19 heavy (non-hydrogen) atoms. The van der Waals surface area contributed by atoms with E-state index >= 15 is 0 Å². The van der Waals surface area contributed by atoms with Gasteiger partial charge in [-0.1, -0.05) is 18.2 Å². The second-order valence-corrected chi connectivity index (χ2v) is 5.05. The molecule has 0 fully saturated rings. The van der Waals surface area contributed by atoms with Gasteiger partial charge in [-0.15, -0.1) is 23.4 Å². The first-order valence-corrected chi connectivity index (χ1v) is 7.09. The Kier molecular flexibility index (Phi) is 5.10. The van der Waals surface area contributed by atoms with Gasteiger partial charge in [0.1, 0.15) is 11.5 Å². The highest BCUT2D eigenvalue weighted by Crippen LogP contribution is 2.24. The first-order chi connectivity index (χ1) is 9.20. The van der Waals surface area contributed by atoms with Crippen LogP contribution in [0.25, 0.3) is 0 Å². The van der Waals surface area contributed by atoms with Crippen LogP contribution < -0.4 is 0 Å². The molecular formula is C13H11ClF2N2S. The van der Waals surface area contributed by atoms with Crippen LogP contribution in [0.3, 0.4) is 0 Å². The summed E-state index contributed by atoms with van der Waals surface area (Å²) >= 11 is 7.09. The van der Waals surface area contributed by atoms with Gasteiger partial charge < -0.3 is 0 Å². The largest absolute Gasteiger partial charge is 0.280 e. The molecule has 1 aromatic heterocycles. The summed E-state index contributed by atoms with van der Waals surface area (Å²) in [6.07, 6.45) is -1.25. The van der Waals surface area contributed by atoms with Gasteiger partial charge in [-0.2, -0.15) is 0 Å². The van der Waals surface area contributed by atoms with Crippen molar-refractivity contribution in [1.82, 2.24) is 9.97 Å². The number of hydrogen-bond acceptors (Lipinski definition) is 3. The predicted molar refractivity (Wildman–Crippen MR) is 72.5 cm³/mol. The van der Waals surface area contributed by atoms with Crippen LogP contribution in [0.2, 0.25) is 0 Å². The topological polar surface area (TPSA) is 25.8 Å². The molecule has 0 unspecified atom stereocenters. The average Bonchev–Trinajstić information content (AvgIpc) is 2.46. The number of benzene rings is 1. The van der Waals surface area contributed by atoms with Gasteiger partial charge in [0, 0.05) is 16.7 Å². The maximum absolute atomic E-state index is 12.8. The number of halogens is 3. The van der Waals surface area contributed by atoms with Gasteiger partial charge >= 0.3 is 0 Å². The molecule has 2 aromatic rings. The second-order valence-electron chi connectivity index (χ2n) is 3.73. The standard InChI is InChI=1S/C13H11ClF2N2S/c14-6-9-7-17-11(18-12(9)13(15)16)8-19-10-4-2-1-3-5-10/h1-5,7,13H,6,8H2. The quantitative estimate of drug-likeness (QED) is 0.603. The summed E-state index contributed by atoms with van der Waals surface area (Å²) in [5.74, 6) is 0.830. The molecule has 0 saturated carbocycles. The molecule has 0 spiro atoms. The Labute approximate surface area is 119 Å². The van der Waals surface area contributed by atoms with E-state index in [-0.39, 0.29) is 17.1 Å². The van der Waals surface area contributed by atoms with Crippen LogP contribution in [0, 0.1) is 0 Å². The summed E-state index contributed by atoms with van der Waals surface area (Å²) in [6.45, 7) is 0. The zero-order chi connectivity index (χ0) is 13.7. The van der Waals surface area contributed by atoms with Crippen molar-refractivity contribution in [2.45, 2.75) is 23.0 Å². The molecular weight excluding hydrogens is 290 g/mol. The highest BCUT2D eigenvalue weighted by Gasteiger charge is 2.16. The SMILES string of the molecule is FC(F)c1nc(CSc2ccccc2)ncc1CCl. The minimum atomic E-state index is -2.63. The van der Waals surface area contributed by atoms with Crippen molar-refractivity contribution in [3.63, 3.8) is 0 Å². The van der Waals surface area contributed by atoms with Crippen LogP contribution in [0.5, 0.6) is 0 Å². The maximum atomic E-state index is 12.8. The van der Waals surface area contributed by atoms with Crippen molar-refractivity contribution in [2.75, 3.05) is 0 Å². The molecule has 1 aromatic carbocycles. The molecule has 0 N–H and O–H groups in total. The van der Waals surface area contributed by atoms with Crippen molar-refractivity contribution >= 4 is 23.4 Å². The molecule has 1 heterocycles. The number of rotatable bonds is 5. The molecule has 0 aliphatic carbocycles. The molecule has 0 radical (unpaired) electrons. The number of alkyl halides is 3. The molecule has 0 bridgehead atoms. The zero-order valence-corrected chi connectivity index (χ0v) is 11.5. The van der Waals surface area contributed by atoms with E-state index in [0.717, 1.165) is 4.90 Å². The average molecular weight is 301 g/mol. The Morgan fingerprint density at radius 2 is 1.95 bits per heavy atom. The summed E-state index contributed by atoms with van der Waals surface area (Å²) in [5, 5.41) is 0. The predicted octanol–water partition coefficient (Wildman–Crippen LogP) is 4.45. The molecule has 0 amide bonds. The van der Waals surface area contributed by atoms with E-state index in [4.69, 9.17) is 11.6 Å². The van der Waals surface area contributed by atoms with Crippen LogP contribution in [0.4, 0.5) is 8.78 Å². The van der Waals surface area contributed by atoms with Gasteiger partial charge in [0.05, 0.1) is 11.6 Å². The number of thioether (sulfide) groups is 1. The molecule has 0 saturated heterocycles. The first kappa shape index (κ1) is 14.2. The normalized spacial score (nSPS) is 10.9. The van der Waals surface area contributed by atoms with Crippen LogP contribution in [-0.4, -0.2) is 9.97 Å². The molecule has 0 aliphatic rings. The molecule has 0 atom stereocenters. The highest BCUT2D eigenvalue weighted by molar-refractivity contribution is 7.98. The molecule has 2 nitrogen and oxygen atoms in total. The van der Waals surface area contributed by atoms with Gasteiger partial charge in [-0.3, -0.25) is 0 Å². The van der Waals surface area contributed by atoms with E-state index < -0.39 is 6.43 Å². The molecule has 6 heteroatoms. The van der Waals surface area contributed by atoms with E-state index in [2.05, 4.69) is 9.97 Å². The number of aromatic nitrogens is 2. The van der Waals surface area contributed by atoms with E-state index in [1.165, 1.54) is 18.0 Å². The minimum Gasteiger partial charge on any atom is -0.240 e. The minimum absolute atomic E-state index is 0.00815. The van der Waals surface area contributed by atoms with Crippen molar-refractivity contribution in [3.8, 4) is 0 Å². The van der Waals surface area contributed by atoms with Gasteiger partial charge in [-0.25, -0.2) is 18.7 Å². The molecule has 100 valence electrons. The monoisotopic (exact) mass is 300 g/mol. The smallest absolute Gasteiger partial charge is 0.240 e. The maximum Gasteiger partial charge on any atom is 0.280 e. The summed E-state index contributed by atoms with van der Waals surface area (Å²) < 4.78 is 25.6. The molecule has 0 aliphatic heterocycles. The highest BCUT2D eigenvalue weighted by atomic mass is 35.5. The lowest BCUT2D eigenvalue weighted by Gasteiger charge is -2.07. The Morgan fingerprint density at radius 3 is 2.58 bits per heavy atom. The van der Waals surface area contributed by atoms with E-state index in [1.807, 2.05) is 30.3 Å². The van der Waals surface area contributed by atoms with Crippen molar-refractivity contribution in [1.29, 1.82) is 0 Å². The number of nitrogens with zero attached hydrogens (tertiary/aromatic N) is 2. The van der Waals surface area contributed by atoms with Crippen molar-refractivity contribution in [2.24, 2.45) is 0 Å². The summed E-state index contributed by atoms with van der Waals surface area (Å²) in [4.78, 5) is 9.00. The third-order valence-electron chi connectivity index (χ3n) is 2.41. The Hall–Kier alpha value is -1.20. The molecule has 2 rings (SSSR count). The Bertz CT molecular complexity index is 537. The van der Waals surface area contributed by atoms with E-state index in [1.54, 1.807) is 0 Å². The zero-order valence-electron chi connectivity index (χ0n) is 9.89. The van der Waals surface area contributed by atoms with Crippen LogP contribution in [-0.2, 0) is 11.6 Å². The van der Waals surface area contributed by atoms with Gasteiger partial charge in [-0.05, 0) is 12.1 Å². The lowest BCUT2D eigenvalue weighted by Crippen LogP contribution is -2.03. The van der Waals surface area contributed by atoms with Crippen molar-refractivity contribution in [3.05, 3.63) is 53.6 Å². The van der Waals surface area contributed by atoms with Gasteiger partial charge in [0.2, 0.25) is 0 Å². The fourth-order valence-corrected chi connectivity index (χ4v) is 2.47. The van der Waals surface area contributed by atoms with Gasteiger partial charge in [0.25, 0.3) is 6.43 Å². The fourth-order valence-electron chi connectivity index (χ4n) is 1.48. The first-order valence-electron chi connectivity index (χ1n) is 5.57. The lowest BCUT2D eigenvalue weighted by molar-refractivity contribution is 0.144. The third-order valence-corrected chi connectivity index (χ3v) is 3.71. The summed E-state index contributed by atoms with van der Waals surface area (Å²) in [6, 6.07) is 9.66. The van der Waals surface area contributed by atoms with Gasteiger partial charge in [0.15, 0.2) is 0 Å². The Morgan fingerprint density at radius 1 is 1.21 bits per heavy atom. The summed E-state index contributed by atoms with van der Waals surface area (Å²) in [5.41, 5.74) is 0.0128. The van der Waals surface area contributed by atoms with Crippen LogP contribution >= 0.6 is 23.4 Å².